The molecule has 3 unspecified atom stereocenters. The molecule has 30 heavy (non-hydrogen) atoms. The Bertz CT molecular complexity index is 865. The Kier molecular flexibility index (Phi) is 6.87. The maximum atomic E-state index is 11.4. The number of aromatic amines is 1. The number of nitrogens with zero attached hydrogens (tertiary/aromatic N) is 4. The van der Waals surface area contributed by atoms with Crippen molar-refractivity contribution in [3.05, 3.63) is 39.6 Å². The first-order chi connectivity index (χ1) is 14.5. The van der Waals surface area contributed by atoms with Crippen LogP contribution < -0.4 is 5.32 Å². The van der Waals surface area contributed by atoms with Crippen LogP contribution in [0.2, 0.25) is 10.0 Å². The first-order valence-electron chi connectivity index (χ1n) is 10.3. The molecule has 2 fully saturated rings. The second-order valence-corrected chi connectivity index (χ2v) is 9.31. The summed E-state index contributed by atoms with van der Waals surface area (Å²) >= 11 is 12.5. The van der Waals surface area contributed by atoms with Gasteiger partial charge in [0.1, 0.15) is 6.04 Å². The Hall–Kier alpha value is -1.74. The van der Waals surface area contributed by atoms with Gasteiger partial charge in [-0.2, -0.15) is 5.21 Å². The zero-order valence-corrected chi connectivity index (χ0v) is 18.1. The van der Waals surface area contributed by atoms with E-state index in [1.54, 1.807) is 6.07 Å². The highest BCUT2D eigenvalue weighted by Gasteiger charge is 2.38. The van der Waals surface area contributed by atoms with Gasteiger partial charge in [-0.3, -0.25) is 9.69 Å². The summed E-state index contributed by atoms with van der Waals surface area (Å²) in [6, 6.07) is 5.14. The molecule has 1 saturated heterocycles. The lowest BCUT2D eigenvalue weighted by Gasteiger charge is -2.42. The van der Waals surface area contributed by atoms with E-state index in [2.05, 4.69) is 30.8 Å². The van der Waals surface area contributed by atoms with Crippen LogP contribution in [0.25, 0.3) is 0 Å². The summed E-state index contributed by atoms with van der Waals surface area (Å²) < 4.78 is 0. The molecule has 8 nitrogen and oxygen atoms in total. The summed E-state index contributed by atoms with van der Waals surface area (Å²) in [5.74, 6) is 1.43. The molecule has 0 bridgehead atoms. The summed E-state index contributed by atoms with van der Waals surface area (Å²) in [5.41, 5.74) is 1.01. The molecule has 162 valence electrons. The van der Waals surface area contributed by atoms with Gasteiger partial charge < -0.3 is 10.4 Å². The molecule has 1 aliphatic heterocycles. The molecule has 0 spiro atoms. The molecule has 2 aromatic rings. The number of hydrogen-bond donors (Lipinski definition) is 3. The van der Waals surface area contributed by atoms with E-state index >= 15 is 0 Å². The lowest BCUT2D eigenvalue weighted by molar-refractivity contribution is -0.141. The van der Waals surface area contributed by atoms with Crippen LogP contribution in [0.15, 0.2) is 18.2 Å². The fraction of sp³-hybridized carbons (Fsp3) is 0.600. The van der Waals surface area contributed by atoms with E-state index in [4.69, 9.17) is 23.2 Å². The van der Waals surface area contributed by atoms with Crippen molar-refractivity contribution in [2.24, 2.45) is 17.8 Å². The van der Waals surface area contributed by atoms with Crippen LogP contribution in [0.3, 0.4) is 0 Å². The zero-order valence-electron chi connectivity index (χ0n) is 16.6. The molecule has 1 aromatic heterocycles. The van der Waals surface area contributed by atoms with E-state index < -0.39 is 12.0 Å². The van der Waals surface area contributed by atoms with Gasteiger partial charge in [0, 0.05) is 23.1 Å². The first-order valence-corrected chi connectivity index (χ1v) is 11.1. The van der Waals surface area contributed by atoms with E-state index in [9.17, 15) is 9.90 Å². The Balaban J connectivity index is 1.44. The largest absolute Gasteiger partial charge is 0.480 e. The number of hydrogen-bond acceptors (Lipinski definition) is 6. The molecule has 3 N–H and O–H groups in total. The van der Waals surface area contributed by atoms with Crippen molar-refractivity contribution in [1.82, 2.24) is 30.8 Å². The number of carboxylic acids is 1. The number of aromatic nitrogens is 4. The van der Waals surface area contributed by atoms with Gasteiger partial charge in [0.2, 0.25) is 0 Å². The summed E-state index contributed by atoms with van der Waals surface area (Å²) in [4.78, 5) is 13.7. The fourth-order valence-electron chi connectivity index (χ4n) is 4.91. The second kappa shape index (κ2) is 9.60. The van der Waals surface area contributed by atoms with Crippen LogP contribution in [0, 0.1) is 17.8 Å². The van der Waals surface area contributed by atoms with E-state index in [1.807, 2.05) is 12.1 Å². The molecule has 1 saturated carbocycles. The minimum atomic E-state index is -0.744. The first kappa shape index (κ1) is 21.5. The van der Waals surface area contributed by atoms with Gasteiger partial charge in [-0.15, -0.1) is 10.2 Å². The van der Waals surface area contributed by atoms with Gasteiger partial charge in [0.05, 0.1) is 6.54 Å². The molecular weight excluding hydrogens is 427 g/mol. The van der Waals surface area contributed by atoms with Gasteiger partial charge in [-0.05, 0) is 67.7 Å². The minimum Gasteiger partial charge on any atom is -0.480 e. The van der Waals surface area contributed by atoms with Crippen molar-refractivity contribution in [3.63, 3.8) is 0 Å². The molecular formula is C20H26Cl2N6O2. The molecule has 0 amide bonds. The number of nitrogens with one attached hydrogen (secondary N) is 2. The number of benzene rings is 1. The third-order valence-electron chi connectivity index (χ3n) is 6.39. The van der Waals surface area contributed by atoms with Crippen LogP contribution in [-0.4, -0.2) is 55.7 Å². The topological polar surface area (TPSA) is 107 Å². The van der Waals surface area contributed by atoms with Crippen LogP contribution in [0.4, 0.5) is 0 Å². The number of fused-ring (bicyclic) bond motifs is 1. The quantitative estimate of drug-likeness (QED) is 0.592. The maximum absolute atomic E-state index is 11.4. The molecule has 10 heteroatoms. The van der Waals surface area contributed by atoms with E-state index in [0.717, 1.165) is 37.9 Å². The van der Waals surface area contributed by atoms with Gasteiger partial charge in [0.15, 0.2) is 5.82 Å². The smallest absolute Gasteiger partial charge is 0.320 e. The number of H-pyrrole nitrogens is 1. The number of aliphatic carboxylic acids is 1. The van der Waals surface area contributed by atoms with Gasteiger partial charge in [-0.25, -0.2) is 0 Å². The minimum absolute atomic E-state index is 0.423. The third-order valence-corrected chi connectivity index (χ3v) is 6.98. The fourth-order valence-corrected chi connectivity index (χ4v) is 5.37. The third kappa shape index (κ3) is 5.29. The lowest BCUT2D eigenvalue weighted by atomic mass is 9.69. The highest BCUT2D eigenvalue weighted by molar-refractivity contribution is 6.35. The van der Waals surface area contributed by atoms with Crippen molar-refractivity contribution < 1.29 is 9.90 Å². The van der Waals surface area contributed by atoms with E-state index in [0.29, 0.717) is 53.1 Å². The predicted molar refractivity (Wildman–Crippen MR) is 113 cm³/mol. The number of rotatable bonds is 7. The number of tetrazole rings is 1. The standard InChI is InChI=1S/C20H26Cl2N6O2/c21-16-4-3-14(17(22)7-16)10-28(11-19-24-26-27-25-19)9-12-1-2-13-8-23-18(20(29)30)6-15(13)5-12/h3-4,7,12-13,15,18,23H,1-2,5-6,8-11H2,(H,29,30)(H,24,25,26,27)/t12?,13-,15?,18?/m0/s1. The summed E-state index contributed by atoms with van der Waals surface area (Å²) in [5, 5.41) is 28.2. The molecule has 4 atom stereocenters. The number of piperidine rings is 1. The van der Waals surface area contributed by atoms with Gasteiger partial charge >= 0.3 is 5.97 Å². The normalized spacial score (nSPS) is 26.5. The Labute approximate surface area is 185 Å². The molecule has 2 aliphatic rings. The van der Waals surface area contributed by atoms with E-state index in [1.165, 1.54) is 0 Å². The van der Waals surface area contributed by atoms with Crippen molar-refractivity contribution in [1.29, 1.82) is 0 Å². The Morgan fingerprint density at radius 1 is 1.20 bits per heavy atom. The van der Waals surface area contributed by atoms with Crippen molar-refractivity contribution in [2.75, 3.05) is 13.1 Å². The molecule has 0 radical (unpaired) electrons. The number of halogens is 2. The summed E-state index contributed by atoms with van der Waals surface area (Å²) in [6.07, 6.45) is 4.03. The van der Waals surface area contributed by atoms with Crippen LogP contribution >= 0.6 is 23.2 Å². The van der Waals surface area contributed by atoms with E-state index in [-0.39, 0.29) is 0 Å². The highest BCUT2D eigenvalue weighted by Crippen LogP contribution is 2.39. The molecule has 1 aromatic carbocycles. The highest BCUT2D eigenvalue weighted by atomic mass is 35.5. The number of carboxylic acid groups (broad SMARTS) is 1. The van der Waals surface area contributed by atoms with Crippen LogP contribution in [-0.2, 0) is 17.9 Å². The average molecular weight is 453 g/mol. The Morgan fingerprint density at radius 2 is 2.07 bits per heavy atom. The zero-order chi connectivity index (χ0) is 21.1. The van der Waals surface area contributed by atoms with Crippen molar-refractivity contribution >= 4 is 29.2 Å². The number of carbonyl (C=O) groups is 1. The van der Waals surface area contributed by atoms with Crippen molar-refractivity contribution in [2.45, 2.75) is 44.8 Å². The monoisotopic (exact) mass is 452 g/mol. The lowest BCUT2D eigenvalue weighted by Crippen LogP contribution is -2.50. The van der Waals surface area contributed by atoms with Gasteiger partial charge in [-0.1, -0.05) is 34.5 Å². The van der Waals surface area contributed by atoms with Crippen LogP contribution in [0.1, 0.15) is 37.1 Å². The maximum Gasteiger partial charge on any atom is 0.320 e. The predicted octanol–water partition coefficient (Wildman–Crippen LogP) is 2.99. The van der Waals surface area contributed by atoms with Crippen LogP contribution in [0.5, 0.6) is 0 Å². The molecule has 1 aliphatic carbocycles. The summed E-state index contributed by atoms with van der Waals surface area (Å²) in [6.45, 7) is 2.91. The molecule has 4 rings (SSSR count). The Morgan fingerprint density at radius 3 is 2.80 bits per heavy atom. The van der Waals surface area contributed by atoms with Gasteiger partial charge in [0.25, 0.3) is 0 Å². The average Bonchev–Trinajstić information content (AvgIpc) is 3.22. The molecule has 2 heterocycles. The second-order valence-electron chi connectivity index (χ2n) is 8.47. The summed E-state index contributed by atoms with van der Waals surface area (Å²) in [7, 11) is 0. The van der Waals surface area contributed by atoms with Crippen molar-refractivity contribution in [3.8, 4) is 0 Å². The SMILES string of the molecule is O=C(O)C1CC2CC(CN(Cc3nn[nH]n3)Cc3ccc(Cl)cc3Cl)CC[C@H]2CN1.